The molecule has 1 heterocycles. The highest BCUT2D eigenvalue weighted by Gasteiger charge is 2.09. The molecule has 1 aromatic heterocycles. The smallest absolute Gasteiger partial charge is 0.307 e. The molecule has 0 spiro atoms. The second kappa shape index (κ2) is 6.60. The Morgan fingerprint density at radius 3 is 2.57 bits per heavy atom. The Hall–Kier alpha value is -2.76. The number of hydrogen-bond acceptors (Lipinski definition) is 5. The molecule has 0 unspecified atom stereocenters. The number of ether oxygens (including phenoxy) is 2. The molecule has 0 saturated carbocycles. The average Bonchev–Trinajstić information content (AvgIpc) is 3.06. The Morgan fingerprint density at radius 1 is 1.19 bits per heavy atom. The maximum Gasteiger partial charge on any atom is 0.307 e. The summed E-state index contributed by atoms with van der Waals surface area (Å²) in [4.78, 5) is 11.7. The molecule has 0 aliphatic carbocycles. The first-order chi connectivity index (χ1) is 10.2. The molecule has 0 atom stereocenters. The minimum atomic E-state index is -0.403. The van der Waals surface area contributed by atoms with E-state index < -0.39 is 5.91 Å². The third kappa shape index (κ3) is 3.42. The van der Waals surface area contributed by atoms with Gasteiger partial charge in [-0.05, 0) is 37.3 Å². The lowest BCUT2D eigenvalue weighted by atomic mass is 10.1. The number of benzene rings is 1. The standard InChI is InChI=1S/C15H16N2O4/c1-10(16-17-15(18)13-5-4-8-21-13)11-6-7-12(19-2)14(9-11)20-3/h4-9H,1-3H3,(H,17,18)/b16-10+. The lowest BCUT2D eigenvalue weighted by Gasteiger charge is -2.09. The Labute approximate surface area is 122 Å². The number of amides is 1. The maximum absolute atomic E-state index is 11.7. The minimum Gasteiger partial charge on any atom is -0.493 e. The summed E-state index contributed by atoms with van der Waals surface area (Å²) >= 11 is 0. The van der Waals surface area contributed by atoms with E-state index in [4.69, 9.17) is 13.9 Å². The second-order valence-corrected chi connectivity index (χ2v) is 4.19. The van der Waals surface area contributed by atoms with Crippen molar-refractivity contribution in [3.8, 4) is 11.5 Å². The molecule has 0 bridgehead atoms. The van der Waals surface area contributed by atoms with Crippen molar-refractivity contribution in [1.29, 1.82) is 0 Å². The number of methoxy groups -OCH3 is 2. The summed E-state index contributed by atoms with van der Waals surface area (Å²) in [5.41, 5.74) is 3.88. The molecule has 6 nitrogen and oxygen atoms in total. The fraction of sp³-hybridized carbons (Fsp3) is 0.200. The number of hydrazone groups is 1. The molecule has 21 heavy (non-hydrogen) atoms. The van der Waals surface area contributed by atoms with Crippen molar-refractivity contribution in [3.05, 3.63) is 47.9 Å². The summed E-state index contributed by atoms with van der Waals surface area (Å²) in [6.45, 7) is 1.78. The van der Waals surface area contributed by atoms with Crippen molar-refractivity contribution < 1.29 is 18.7 Å². The Bertz CT molecular complexity index is 648. The molecule has 1 N–H and O–H groups in total. The van der Waals surface area contributed by atoms with E-state index in [-0.39, 0.29) is 5.76 Å². The van der Waals surface area contributed by atoms with E-state index in [1.807, 2.05) is 6.07 Å². The van der Waals surface area contributed by atoms with Gasteiger partial charge in [-0.15, -0.1) is 0 Å². The number of carbonyl (C=O) groups is 1. The van der Waals surface area contributed by atoms with Gasteiger partial charge in [-0.1, -0.05) is 0 Å². The molecule has 110 valence electrons. The molecule has 0 aliphatic heterocycles. The monoisotopic (exact) mass is 288 g/mol. The molecule has 1 aromatic carbocycles. The summed E-state index contributed by atoms with van der Waals surface area (Å²) in [5.74, 6) is 1.04. The quantitative estimate of drug-likeness (QED) is 0.677. The van der Waals surface area contributed by atoms with Crippen molar-refractivity contribution in [2.24, 2.45) is 5.10 Å². The van der Waals surface area contributed by atoms with Gasteiger partial charge in [-0.25, -0.2) is 5.43 Å². The summed E-state index contributed by atoms with van der Waals surface area (Å²) in [6, 6.07) is 8.61. The van der Waals surface area contributed by atoms with Crippen LogP contribution in [0.4, 0.5) is 0 Å². The largest absolute Gasteiger partial charge is 0.493 e. The van der Waals surface area contributed by atoms with Gasteiger partial charge in [0.15, 0.2) is 17.3 Å². The summed E-state index contributed by atoms with van der Waals surface area (Å²) in [5, 5.41) is 4.04. The Balaban J connectivity index is 2.14. The van der Waals surface area contributed by atoms with Crippen molar-refractivity contribution >= 4 is 11.6 Å². The first kappa shape index (κ1) is 14.6. The SMILES string of the molecule is COc1ccc(/C(C)=N/NC(=O)c2ccco2)cc1OC. The summed E-state index contributed by atoms with van der Waals surface area (Å²) < 4.78 is 15.4. The summed E-state index contributed by atoms with van der Waals surface area (Å²) in [7, 11) is 3.13. The number of carbonyl (C=O) groups excluding carboxylic acids is 1. The normalized spacial score (nSPS) is 11.1. The van der Waals surface area contributed by atoms with Crippen LogP contribution in [0.15, 0.2) is 46.1 Å². The van der Waals surface area contributed by atoms with E-state index >= 15 is 0 Å². The van der Waals surface area contributed by atoms with Crippen molar-refractivity contribution in [1.82, 2.24) is 5.43 Å². The molecule has 1 amide bonds. The zero-order valence-electron chi connectivity index (χ0n) is 12.0. The molecule has 2 rings (SSSR count). The van der Waals surface area contributed by atoms with Crippen LogP contribution in [0.25, 0.3) is 0 Å². The number of nitrogens with zero attached hydrogens (tertiary/aromatic N) is 1. The van der Waals surface area contributed by atoms with Gasteiger partial charge >= 0.3 is 5.91 Å². The molecular formula is C15H16N2O4. The highest BCUT2D eigenvalue weighted by molar-refractivity contribution is 6.00. The molecular weight excluding hydrogens is 272 g/mol. The molecule has 0 fully saturated rings. The van der Waals surface area contributed by atoms with Gasteiger partial charge in [0.05, 0.1) is 26.2 Å². The van der Waals surface area contributed by atoms with Crippen molar-refractivity contribution in [2.45, 2.75) is 6.92 Å². The first-order valence-corrected chi connectivity index (χ1v) is 6.26. The third-order valence-electron chi connectivity index (χ3n) is 2.87. The fourth-order valence-corrected chi connectivity index (χ4v) is 1.72. The van der Waals surface area contributed by atoms with Crippen molar-refractivity contribution in [2.75, 3.05) is 14.2 Å². The van der Waals surface area contributed by atoms with Crippen LogP contribution >= 0.6 is 0 Å². The van der Waals surface area contributed by atoms with Crippen LogP contribution in [0.3, 0.4) is 0 Å². The topological polar surface area (TPSA) is 73.1 Å². The van der Waals surface area contributed by atoms with Gasteiger partial charge < -0.3 is 13.9 Å². The van der Waals surface area contributed by atoms with Gasteiger partial charge in [0.1, 0.15) is 0 Å². The van der Waals surface area contributed by atoms with E-state index in [0.29, 0.717) is 17.2 Å². The number of nitrogens with one attached hydrogen (secondary N) is 1. The third-order valence-corrected chi connectivity index (χ3v) is 2.87. The van der Waals surface area contributed by atoms with Gasteiger partial charge in [-0.2, -0.15) is 5.10 Å². The minimum absolute atomic E-state index is 0.207. The molecule has 0 aliphatic rings. The highest BCUT2D eigenvalue weighted by atomic mass is 16.5. The number of hydrogen-bond donors (Lipinski definition) is 1. The van der Waals surface area contributed by atoms with Gasteiger partial charge in [0, 0.05) is 5.56 Å². The number of rotatable bonds is 5. The maximum atomic E-state index is 11.7. The van der Waals surface area contributed by atoms with Gasteiger partial charge in [0.25, 0.3) is 0 Å². The van der Waals surface area contributed by atoms with Crippen molar-refractivity contribution in [3.63, 3.8) is 0 Å². The molecule has 0 saturated heterocycles. The zero-order chi connectivity index (χ0) is 15.2. The van der Waals surface area contributed by atoms with E-state index in [1.54, 1.807) is 45.4 Å². The lowest BCUT2D eigenvalue weighted by molar-refractivity contribution is 0.0927. The van der Waals surface area contributed by atoms with Gasteiger partial charge in [-0.3, -0.25) is 4.79 Å². The van der Waals surface area contributed by atoms with Crippen LogP contribution in [0.2, 0.25) is 0 Å². The van der Waals surface area contributed by atoms with Crippen LogP contribution in [0.5, 0.6) is 11.5 Å². The molecule has 6 heteroatoms. The van der Waals surface area contributed by atoms with Gasteiger partial charge in [0.2, 0.25) is 0 Å². The van der Waals surface area contributed by atoms with Crippen LogP contribution < -0.4 is 14.9 Å². The predicted octanol–water partition coefficient (Wildman–Crippen LogP) is 2.45. The second-order valence-electron chi connectivity index (χ2n) is 4.19. The van der Waals surface area contributed by atoms with E-state index in [2.05, 4.69) is 10.5 Å². The van der Waals surface area contributed by atoms with Crippen LogP contribution in [-0.4, -0.2) is 25.8 Å². The Morgan fingerprint density at radius 2 is 1.95 bits per heavy atom. The lowest BCUT2D eigenvalue weighted by Crippen LogP contribution is -2.18. The fourth-order valence-electron chi connectivity index (χ4n) is 1.72. The van der Waals surface area contributed by atoms with Crippen LogP contribution in [0, 0.1) is 0 Å². The Kier molecular flexibility index (Phi) is 4.61. The summed E-state index contributed by atoms with van der Waals surface area (Å²) in [6.07, 6.45) is 1.43. The molecule has 0 radical (unpaired) electrons. The van der Waals surface area contributed by atoms with Crippen LogP contribution in [0.1, 0.15) is 23.0 Å². The number of furan rings is 1. The predicted molar refractivity (Wildman–Crippen MR) is 77.9 cm³/mol. The van der Waals surface area contributed by atoms with Crippen LogP contribution in [-0.2, 0) is 0 Å². The van der Waals surface area contributed by atoms with E-state index in [9.17, 15) is 4.79 Å². The van der Waals surface area contributed by atoms with E-state index in [0.717, 1.165) is 5.56 Å². The first-order valence-electron chi connectivity index (χ1n) is 6.26. The average molecular weight is 288 g/mol. The zero-order valence-corrected chi connectivity index (χ0v) is 12.0. The highest BCUT2D eigenvalue weighted by Crippen LogP contribution is 2.27. The molecule has 2 aromatic rings. The van der Waals surface area contributed by atoms with E-state index in [1.165, 1.54) is 6.26 Å².